The Morgan fingerprint density at radius 1 is 1.47 bits per heavy atom. The third-order valence-corrected chi connectivity index (χ3v) is 2.32. The lowest BCUT2D eigenvalue weighted by Crippen LogP contribution is -2.33. The zero-order valence-corrected chi connectivity index (χ0v) is 8.09. The van der Waals surface area contributed by atoms with Crippen molar-refractivity contribution in [1.29, 1.82) is 0 Å². The third kappa shape index (κ3) is 2.02. The van der Waals surface area contributed by atoms with Crippen LogP contribution in [-0.4, -0.2) is 19.2 Å². The zero-order chi connectivity index (χ0) is 10.8. The Labute approximate surface area is 86.2 Å². The first kappa shape index (κ1) is 10.2. The van der Waals surface area contributed by atoms with Crippen LogP contribution in [-0.2, 0) is 0 Å². The van der Waals surface area contributed by atoms with E-state index in [0.717, 1.165) is 6.07 Å². The van der Waals surface area contributed by atoms with E-state index in [2.05, 4.69) is 5.32 Å². The third-order valence-electron chi connectivity index (χ3n) is 2.32. The number of nitrogens with two attached hydrogens (primary N) is 1. The average Bonchev–Trinajstić information content (AvgIpc) is 2.19. The summed E-state index contributed by atoms with van der Waals surface area (Å²) in [7, 11) is 0. The van der Waals surface area contributed by atoms with E-state index in [-0.39, 0.29) is 17.5 Å². The molecule has 0 saturated heterocycles. The van der Waals surface area contributed by atoms with Crippen LogP contribution < -0.4 is 15.8 Å². The van der Waals surface area contributed by atoms with Crippen molar-refractivity contribution >= 4 is 5.69 Å². The molecule has 0 bridgehead atoms. The van der Waals surface area contributed by atoms with Gasteiger partial charge in [-0.05, 0) is 13.0 Å². The molecule has 0 amide bonds. The molecule has 1 heterocycles. The molecule has 0 saturated carbocycles. The molecular formula is C10H12F2N2O. The second kappa shape index (κ2) is 4.02. The Hall–Kier alpha value is -1.36. The minimum atomic E-state index is -0.634. The Balaban J connectivity index is 2.25. The molecule has 15 heavy (non-hydrogen) atoms. The first-order valence-electron chi connectivity index (χ1n) is 4.79. The SMILES string of the molecule is NCCC1COc2cc(F)cc(F)c2N1. The fourth-order valence-corrected chi connectivity index (χ4v) is 1.60. The van der Waals surface area contributed by atoms with E-state index in [1.807, 2.05) is 0 Å². The highest BCUT2D eigenvalue weighted by molar-refractivity contribution is 5.59. The Bertz CT molecular complexity index is 371. The molecule has 0 spiro atoms. The van der Waals surface area contributed by atoms with Gasteiger partial charge < -0.3 is 15.8 Å². The summed E-state index contributed by atoms with van der Waals surface area (Å²) in [5.41, 5.74) is 5.62. The van der Waals surface area contributed by atoms with Crippen LogP contribution in [0, 0.1) is 11.6 Å². The maximum atomic E-state index is 13.3. The lowest BCUT2D eigenvalue weighted by Gasteiger charge is -2.27. The first-order chi connectivity index (χ1) is 7.20. The van der Waals surface area contributed by atoms with E-state index in [4.69, 9.17) is 10.5 Å². The summed E-state index contributed by atoms with van der Waals surface area (Å²) >= 11 is 0. The van der Waals surface area contributed by atoms with E-state index in [9.17, 15) is 8.78 Å². The summed E-state index contributed by atoms with van der Waals surface area (Å²) in [5, 5.41) is 2.95. The summed E-state index contributed by atoms with van der Waals surface area (Å²) < 4.78 is 31.4. The molecule has 5 heteroatoms. The van der Waals surface area contributed by atoms with Crippen molar-refractivity contribution in [3.8, 4) is 5.75 Å². The van der Waals surface area contributed by atoms with Crippen molar-refractivity contribution < 1.29 is 13.5 Å². The van der Waals surface area contributed by atoms with E-state index < -0.39 is 11.6 Å². The predicted octanol–water partition coefficient (Wildman–Crippen LogP) is 1.49. The normalized spacial score (nSPS) is 19.0. The van der Waals surface area contributed by atoms with Crippen LogP contribution in [0.3, 0.4) is 0 Å². The molecule has 0 radical (unpaired) electrons. The number of halogens is 2. The number of hydrogen-bond donors (Lipinski definition) is 2. The number of hydrogen-bond acceptors (Lipinski definition) is 3. The minimum absolute atomic E-state index is 0.0116. The molecule has 1 unspecified atom stereocenters. The van der Waals surface area contributed by atoms with Gasteiger partial charge >= 0.3 is 0 Å². The van der Waals surface area contributed by atoms with Gasteiger partial charge in [-0.1, -0.05) is 0 Å². The van der Waals surface area contributed by atoms with Crippen molar-refractivity contribution in [2.45, 2.75) is 12.5 Å². The van der Waals surface area contributed by atoms with Crippen LogP contribution in [0.25, 0.3) is 0 Å². The van der Waals surface area contributed by atoms with Crippen molar-refractivity contribution in [1.82, 2.24) is 0 Å². The topological polar surface area (TPSA) is 47.3 Å². The number of benzene rings is 1. The highest BCUT2D eigenvalue weighted by Crippen LogP contribution is 2.32. The second-order valence-electron chi connectivity index (χ2n) is 3.49. The van der Waals surface area contributed by atoms with E-state index in [1.165, 1.54) is 6.07 Å². The summed E-state index contributed by atoms with van der Waals surface area (Å²) in [5.74, 6) is -1.04. The molecule has 82 valence electrons. The second-order valence-corrected chi connectivity index (χ2v) is 3.49. The van der Waals surface area contributed by atoms with Crippen LogP contribution in [0.5, 0.6) is 5.75 Å². The van der Waals surface area contributed by atoms with Crippen molar-refractivity contribution in [3.63, 3.8) is 0 Å². The van der Waals surface area contributed by atoms with E-state index in [0.29, 0.717) is 19.6 Å². The molecule has 1 atom stereocenters. The van der Waals surface area contributed by atoms with Crippen LogP contribution in [0.15, 0.2) is 12.1 Å². The summed E-state index contributed by atoms with van der Waals surface area (Å²) in [6.45, 7) is 0.881. The Morgan fingerprint density at radius 2 is 2.27 bits per heavy atom. The highest BCUT2D eigenvalue weighted by atomic mass is 19.1. The molecule has 3 N–H and O–H groups in total. The van der Waals surface area contributed by atoms with Crippen molar-refractivity contribution in [3.05, 3.63) is 23.8 Å². The summed E-state index contributed by atoms with van der Waals surface area (Å²) in [6, 6.07) is 1.99. The van der Waals surface area contributed by atoms with Crippen LogP contribution in [0.2, 0.25) is 0 Å². The average molecular weight is 214 g/mol. The van der Waals surface area contributed by atoms with Crippen LogP contribution in [0.4, 0.5) is 14.5 Å². The summed E-state index contributed by atoms with van der Waals surface area (Å²) in [4.78, 5) is 0. The summed E-state index contributed by atoms with van der Waals surface area (Å²) in [6.07, 6.45) is 0.691. The van der Waals surface area contributed by atoms with Gasteiger partial charge in [-0.3, -0.25) is 0 Å². The largest absolute Gasteiger partial charge is 0.489 e. The van der Waals surface area contributed by atoms with Gasteiger partial charge in [0.15, 0.2) is 5.82 Å². The number of nitrogens with one attached hydrogen (secondary N) is 1. The molecule has 2 rings (SSSR count). The molecule has 1 aliphatic rings. The number of anilines is 1. The molecule has 0 aliphatic carbocycles. The maximum absolute atomic E-state index is 13.3. The van der Waals surface area contributed by atoms with Crippen LogP contribution in [0.1, 0.15) is 6.42 Å². The molecule has 1 aromatic rings. The van der Waals surface area contributed by atoms with Gasteiger partial charge in [0.1, 0.15) is 23.9 Å². The molecule has 3 nitrogen and oxygen atoms in total. The number of fused-ring (bicyclic) bond motifs is 1. The fourth-order valence-electron chi connectivity index (χ4n) is 1.60. The van der Waals surface area contributed by atoms with Gasteiger partial charge in [-0.2, -0.15) is 0 Å². The quantitative estimate of drug-likeness (QED) is 0.784. The van der Waals surface area contributed by atoms with Gasteiger partial charge in [-0.15, -0.1) is 0 Å². The zero-order valence-electron chi connectivity index (χ0n) is 8.09. The molecule has 1 aliphatic heterocycles. The maximum Gasteiger partial charge on any atom is 0.153 e. The Kier molecular flexibility index (Phi) is 2.73. The van der Waals surface area contributed by atoms with Crippen molar-refractivity contribution in [2.24, 2.45) is 5.73 Å². The van der Waals surface area contributed by atoms with Gasteiger partial charge in [0.2, 0.25) is 0 Å². The molecular weight excluding hydrogens is 202 g/mol. The van der Waals surface area contributed by atoms with Gasteiger partial charge in [0, 0.05) is 12.1 Å². The smallest absolute Gasteiger partial charge is 0.153 e. The van der Waals surface area contributed by atoms with Crippen molar-refractivity contribution in [2.75, 3.05) is 18.5 Å². The van der Waals surface area contributed by atoms with Crippen LogP contribution >= 0.6 is 0 Å². The number of rotatable bonds is 2. The monoisotopic (exact) mass is 214 g/mol. The fraction of sp³-hybridized carbons (Fsp3) is 0.400. The Morgan fingerprint density at radius 3 is 3.00 bits per heavy atom. The lowest BCUT2D eigenvalue weighted by atomic mass is 10.1. The highest BCUT2D eigenvalue weighted by Gasteiger charge is 2.22. The van der Waals surface area contributed by atoms with Gasteiger partial charge in [0.25, 0.3) is 0 Å². The first-order valence-corrected chi connectivity index (χ1v) is 4.79. The minimum Gasteiger partial charge on any atom is -0.489 e. The van der Waals surface area contributed by atoms with E-state index in [1.54, 1.807) is 0 Å². The lowest BCUT2D eigenvalue weighted by molar-refractivity contribution is 0.276. The molecule has 0 fully saturated rings. The number of ether oxygens (including phenoxy) is 1. The van der Waals surface area contributed by atoms with Gasteiger partial charge in [-0.25, -0.2) is 8.78 Å². The van der Waals surface area contributed by atoms with Gasteiger partial charge in [0.05, 0.1) is 6.04 Å². The molecule has 1 aromatic carbocycles. The predicted molar refractivity (Wildman–Crippen MR) is 52.9 cm³/mol. The standard InChI is InChI=1S/C10H12F2N2O/c11-6-3-8(12)10-9(4-6)15-5-7(14-10)1-2-13/h3-4,7,14H,1-2,5,13H2. The van der Waals surface area contributed by atoms with E-state index >= 15 is 0 Å². The molecule has 0 aromatic heterocycles.